The predicted octanol–water partition coefficient (Wildman–Crippen LogP) is 2.08. The Morgan fingerprint density at radius 2 is 2.15 bits per heavy atom. The summed E-state index contributed by atoms with van der Waals surface area (Å²) in [6.45, 7) is 1.74. The molecule has 0 aliphatic heterocycles. The minimum absolute atomic E-state index is 0.0635. The van der Waals surface area contributed by atoms with Gasteiger partial charge in [-0.05, 0) is 19.1 Å². The Morgan fingerprint density at radius 1 is 1.40 bits per heavy atom. The van der Waals surface area contributed by atoms with Crippen LogP contribution in [0.4, 0.5) is 11.6 Å². The van der Waals surface area contributed by atoms with E-state index in [0.717, 1.165) is 0 Å². The summed E-state index contributed by atoms with van der Waals surface area (Å²) in [4.78, 5) is 18.1. The van der Waals surface area contributed by atoms with Gasteiger partial charge < -0.3 is 15.2 Å². The van der Waals surface area contributed by atoms with E-state index in [4.69, 9.17) is 15.2 Å². The summed E-state index contributed by atoms with van der Waals surface area (Å²) < 4.78 is 10.4. The van der Waals surface area contributed by atoms with Crippen molar-refractivity contribution in [3.8, 4) is 17.4 Å². The highest BCUT2D eigenvalue weighted by Gasteiger charge is 2.16. The van der Waals surface area contributed by atoms with E-state index in [-0.39, 0.29) is 29.0 Å². The number of hydrogen-bond donors (Lipinski definition) is 1. The van der Waals surface area contributed by atoms with Crippen LogP contribution in [0.2, 0.25) is 0 Å². The van der Waals surface area contributed by atoms with Crippen LogP contribution < -0.4 is 15.2 Å². The third kappa shape index (κ3) is 2.74. The third-order valence-electron chi connectivity index (χ3n) is 2.51. The smallest absolute Gasteiger partial charge is 0.314 e. The maximum absolute atomic E-state index is 10.9. The van der Waals surface area contributed by atoms with Crippen LogP contribution in [-0.4, -0.2) is 22.0 Å². The van der Waals surface area contributed by atoms with Gasteiger partial charge in [0.25, 0.3) is 0 Å². The number of nitro groups is 1. The van der Waals surface area contributed by atoms with Gasteiger partial charge in [0.15, 0.2) is 5.75 Å². The molecule has 20 heavy (non-hydrogen) atoms. The SMILES string of the molecule is COc1ccc(Oc2nc(N)ncc2C)cc1[N+](=O)[O-]. The van der Waals surface area contributed by atoms with Crippen molar-refractivity contribution in [3.63, 3.8) is 0 Å². The molecule has 8 nitrogen and oxygen atoms in total. The Hall–Kier alpha value is -2.90. The number of benzene rings is 1. The van der Waals surface area contributed by atoms with E-state index < -0.39 is 4.92 Å². The molecular formula is C12H12N4O4. The van der Waals surface area contributed by atoms with E-state index in [1.54, 1.807) is 13.0 Å². The number of aryl methyl sites for hydroxylation is 1. The second-order valence-electron chi connectivity index (χ2n) is 3.91. The molecule has 0 fully saturated rings. The van der Waals surface area contributed by atoms with Gasteiger partial charge >= 0.3 is 5.69 Å². The Bertz CT molecular complexity index is 660. The first-order chi connectivity index (χ1) is 9.51. The molecule has 2 aromatic rings. The van der Waals surface area contributed by atoms with E-state index in [2.05, 4.69) is 9.97 Å². The highest BCUT2D eigenvalue weighted by atomic mass is 16.6. The van der Waals surface area contributed by atoms with Crippen molar-refractivity contribution >= 4 is 11.6 Å². The van der Waals surface area contributed by atoms with E-state index in [1.807, 2.05) is 0 Å². The fraction of sp³-hybridized carbons (Fsp3) is 0.167. The highest BCUT2D eigenvalue weighted by molar-refractivity contribution is 5.51. The molecule has 0 atom stereocenters. The molecule has 2 N–H and O–H groups in total. The van der Waals surface area contributed by atoms with Crippen LogP contribution in [0.3, 0.4) is 0 Å². The third-order valence-corrected chi connectivity index (χ3v) is 2.51. The zero-order valence-electron chi connectivity index (χ0n) is 10.9. The normalized spacial score (nSPS) is 10.1. The fourth-order valence-corrected chi connectivity index (χ4v) is 1.53. The van der Waals surface area contributed by atoms with Gasteiger partial charge in [0.2, 0.25) is 11.8 Å². The lowest BCUT2D eigenvalue weighted by Gasteiger charge is -2.08. The first kappa shape index (κ1) is 13.5. The molecule has 0 saturated heterocycles. The second kappa shape index (κ2) is 5.39. The van der Waals surface area contributed by atoms with Crippen molar-refractivity contribution in [2.75, 3.05) is 12.8 Å². The summed E-state index contributed by atoms with van der Waals surface area (Å²) in [5.74, 6) is 0.727. The highest BCUT2D eigenvalue weighted by Crippen LogP contribution is 2.33. The zero-order valence-corrected chi connectivity index (χ0v) is 10.9. The maximum Gasteiger partial charge on any atom is 0.314 e. The van der Waals surface area contributed by atoms with E-state index >= 15 is 0 Å². The minimum Gasteiger partial charge on any atom is -0.490 e. The standard InChI is InChI=1S/C12H12N4O4/c1-7-6-14-12(13)15-11(7)20-8-3-4-10(19-2)9(5-8)16(17)18/h3-6H,1-2H3,(H2,13,14,15). The molecule has 0 radical (unpaired) electrons. The first-order valence-electron chi connectivity index (χ1n) is 5.60. The van der Waals surface area contributed by atoms with Crippen LogP contribution >= 0.6 is 0 Å². The van der Waals surface area contributed by atoms with Gasteiger partial charge in [-0.25, -0.2) is 4.98 Å². The Kier molecular flexibility index (Phi) is 3.65. The van der Waals surface area contributed by atoms with Crippen LogP contribution in [0.15, 0.2) is 24.4 Å². The number of methoxy groups -OCH3 is 1. The summed E-state index contributed by atoms with van der Waals surface area (Å²) in [6.07, 6.45) is 1.51. The molecule has 104 valence electrons. The number of anilines is 1. The van der Waals surface area contributed by atoms with Crippen LogP contribution in [0.5, 0.6) is 17.4 Å². The van der Waals surface area contributed by atoms with Gasteiger partial charge in [-0.2, -0.15) is 4.98 Å². The topological polar surface area (TPSA) is 113 Å². The molecule has 8 heteroatoms. The summed E-state index contributed by atoms with van der Waals surface area (Å²) in [5.41, 5.74) is 5.95. The molecule has 0 aliphatic rings. The summed E-state index contributed by atoms with van der Waals surface area (Å²) in [5, 5.41) is 10.9. The van der Waals surface area contributed by atoms with Gasteiger partial charge in [-0.3, -0.25) is 10.1 Å². The predicted molar refractivity (Wildman–Crippen MR) is 70.9 cm³/mol. The molecule has 1 aromatic carbocycles. The number of ether oxygens (including phenoxy) is 2. The molecule has 0 amide bonds. The van der Waals surface area contributed by atoms with Crippen molar-refractivity contribution in [3.05, 3.63) is 40.1 Å². The molecule has 0 spiro atoms. The van der Waals surface area contributed by atoms with Gasteiger partial charge in [0.05, 0.1) is 18.1 Å². The second-order valence-corrected chi connectivity index (χ2v) is 3.91. The summed E-state index contributed by atoms with van der Waals surface area (Å²) in [7, 11) is 1.36. The first-order valence-corrected chi connectivity index (χ1v) is 5.60. The molecule has 1 heterocycles. The summed E-state index contributed by atoms with van der Waals surface area (Å²) >= 11 is 0. The number of aromatic nitrogens is 2. The number of nitrogen functional groups attached to an aromatic ring is 1. The van der Waals surface area contributed by atoms with Crippen molar-refractivity contribution in [2.24, 2.45) is 0 Å². The van der Waals surface area contributed by atoms with Gasteiger partial charge in [0.1, 0.15) is 5.75 Å². The molecule has 0 saturated carbocycles. The van der Waals surface area contributed by atoms with Crippen LogP contribution in [-0.2, 0) is 0 Å². The fourth-order valence-electron chi connectivity index (χ4n) is 1.53. The largest absolute Gasteiger partial charge is 0.490 e. The Balaban J connectivity index is 2.37. The van der Waals surface area contributed by atoms with Crippen molar-refractivity contribution in [2.45, 2.75) is 6.92 Å². The zero-order chi connectivity index (χ0) is 14.7. The van der Waals surface area contributed by atoms with E-state index in [9.17, 15) is 10.1 Å². The number of rotatable bonds is 4. The number of nitrogens with zero attached hydrogens (tertiary/aromatic N) is 3. The van der Waals surface area contributed by atoms with E-state index in [1.165, 1.54) is 25.4 Å². The molecular weight excluding hydrogens is 264 g/mol. The van der Waals surface area contributed by atoms with Crippen LogP contribution in [0.1, 0.15) is 5.56 Å². The number of hydrogen-bond acceptors (Lipinski definition) is 7. The maximum atomic E-state index is 10.9. The Morgan fingerprint density at radius 3 is 2.80 bits per heavy atom. The van der Waals surface area contributed by atoms with Gasteiger partial charge in [-0.1, -0.05) is 0 Å². The van der Waals surface area contributed by atoms with Crippen LogP contribution in [0, 0.1) is 17.0 Å². The van der Waals surface area contributed by atoms with Gasteiger partial charge in [-0.15, -0.1) is 0 Å². The molecule has 0 aliphatic carbocycles. The molecule has 2 rings (SSSR count). The number of nitrogens with two attached hydrogens (primary N) is 1. The van der Waals surface area contributed by atoms with Crippen molar-refractivity contribution < 1.29 is 14.4 Å². The van der Waals surface area contributed by atoms with E-state index in [0.29, 0.717) is 5.56 Å². The molecule has 0 bridgehead atoms. The lowest BCUT2D eigenvalue weighted by Crippen LogP contribution is -1.99. The number of nitro benzene ring substituents is 1. The quantitative estimate of drug-likeness (QED) is 0.671. The van der Waals surface area contributed by atoms with Crippen molar-refractivity contribution in [1.29, 1.82) is 0 Å². The molecule has 0 unspecified atom stereocenters. The lowest BCUT2D eigenvalue weighted by molar-refractivity contribution is -0.385. The monoisotopic (exact) mass is 276 g/mol. The Labute approximate surface area is 114 Å². The average Bonchev–Trinajstić information content (AvgIpc) is 2.42. The lowest BCUT2D eigenvalue weighted by atomic mass is 10.3. The average molecular weight is 276 g/mol. The van der Waals surface area contributed by atoms with Crippen LogP contribution in [0.25, 0.3) is 0 Å². The summed E-state index contributed by atoms with van der Waals surface area (Å²) in [6, 6.07) is 4.26. The van der Waals surface area contributed by atoms with Gasteiger partial charge in [0, 0.05) is 11.8 Å². The van der Waals surface area contributed by atoms with Crippen molar-refractivity contribution in [1.82, 2.24) is 9.97 Å². The molecule has 1 aromatic heterocycles. The minimum atomic E-state index is -0.549.